The van der Waals surface area contributed by atoms with Gasteiger partial charge in [-0.2, -0.15) is 0 Å². The van der Waals surface area contributed by atoms with E-state index in [4.69, 9.17) is 5.11 Å². The van der Waals surface area contributed by atoms with Gasteiger partial charge >= 0.3 is 5.97 Å². The van der Waals surface area contributed by atoms with Crippen molar-refractivity contribution in [1.82, 2.24) is 0 Å². The first kappa shape index (κ1) is 14.5. The zero-order valence-electron chi connectivity index (χ0n) is 10.1. The van der Waals surface area contributed by atoms with E-state index in [1.807, 2.05) is 0 Å². The second-order valence-electron chi connectivity index (χ2n) is 3.97. The Morgan fingerprint density at radius 1 is 1.05 bits per heavy atom. The van der Waals surface area contributed by atoms with E-state index >= 15 is 0 Å². The van der Waals surface area contributed by atoms with Crippen molar-refractivity contribution in [2.24, 2.45) is 0 Å². The van der Waals surface area contributed by atoms with Crippen LogP contribution in [0.1, 0.15) is 15.9 Å². The molecule has 1 N–H and O–H groups in total. The smallest absolute Gasteiger partial charge is 0.338 e. The lowest BCUT2D eigenvalue weighted by Crippen LogP contribution is -2.00. The quantitative estimate of drug-likeness (QED) is 0.864. The van der Waals surface area contributed by atoms with E-state index in [9.17, 15) is 18.0 Å². The molecule has 0 fully saturated rings. The number of rotatable bonds is 4. The summed E-state index contributed by atoms with van der Waals surface area (Å²) >= 11 is 1.14. The zero-order valence-corrected chi connectivity index (χ0v) is 10.9. The molecular weight excluding hydrogens is 289 g/mol. The molecule has 0 atom stereocenters. The first-order chi connectivity index (χ1) is 9.47. The molecule has 0 spiro atoms. The van der Waals surface area contributed by atoms with Crippen molar-refractivity contribution >= 4 is 17.7 Å². The lowest BCUT2D eigenvalue weighted by Gasteiger charge is -2.05. The van der Waals surface area contributed by atoms with Gasteiger partial charge in [-0.05, 0) is 29.8 Å². The number of hydrogen-bond donors (Lipinski definition) is 1. The van der Waals surface area contributed by atoms with Crippen LogP contribution in [0.4, 0.5) is 13.2 Å². The third-order valence-corrected chi connectivity index (χ3v) is 3.62. The third kappa shape index (κ3) is 3.33. The summed E-state index contributed by atoms with van der Waals surface area (Å²) in [5.74, 6) is -3.33. The molecule has 20 heavy (non-hydrogen) atoms. The van der Waals surface area contributed by atoms with Crippen molar-refractivity contribution in [3.05, 3.63) is 65.0 Å². The average molecular weight is 298 g/mol. The first-order valence-corrected chi connectivity index (χ1v) is 6.55. The Labute approximate surface area is 117 Å². The second-order valence-corrected chi connectivity index (χ2v) is 5.02. The molecule has 2 aromatic rings. The van der Waals surface area contributed by atoms with E-state index in [0.29, 0.717) is 4.90 Å². The molecule has 2 aromatic carbocycles. The molecule has 2 nitrogen and oxygen atoms in total. The van der Waals surface area contributed by atoms with Crippen LogP contribution in [-0.4, -0.2) is 11.1 Å². The Kier molecular flexibility index (Phi) is 4.34. The molecule has 0 aliphatic carbocycles. The number of carbonyl (C=O) groups is 1. The number of carboxylic acid groups (broad SMARTS) is 1. The topological polar surface area (TPSA) is 37.3 Å². The van der Waals surface area contributed by atoms with Crippen molar-refractivity contribution in [2.75, 3.05) is 0 Å². The van der Waals surface area contributed by atoms with Gasteiger partial charge in [0.2, 0.25) is 0 Å². The van der Waals surface area contributed by atoms with E-state index in [2.05, 4.69) is 0 Å². The highest BCUT2D eigenvalue weighted by Gasteiger charge is 2.11. The maximum Gasteiger partial charge on any atom is 0.338 e. The van der Waals surface area contributed by atoms with Gasteiger partial charge in [0.25, 0.3) is 0 Å². The molecular formula is C14H9F3O2S. The number of aromatic carboxylic acids is 1. The largest absolute Gasteiger partial charge is 0.478 e. The molecule has 104 valence electrons. The summed E-state index contributed by atoms with van der Waals surface area (Å²) in [5, 5.41) is 8.80. The van der Waals surface area contributed by atoms with Gasteiger partial charge in [-0.25, -0.2) is 18.0 Å². The fourth-order valence-electron chi connectivity index (χ4n) is 1.56. The Bertz CT molecular complexity index is 659. The van der Waals surface area contributed by atoms with Gasteiger partial charge in [0.05, 0.1) is 5.56 Å². The first-order valence-electron chi connectivity index (χ1n) is 5.57. The van der Waals surface area contributed by atoms with E-state index in [1.54, 1.807) is 0 Å². The molecule has 6 heteroatoms. The highest BCUT2D eigenvalue weighted by molar-refractivity contribution is 7.98. The summed E-state index contributed by atoms with van der Waals surface area (Å²) in [6.07, 6.45) is 0. The zero-order chi connectivity index (χ0) is 14.7. The number of thioether (sulfide) groups is 1. The van der Waals surface area contributed by atoms with Crippen molar-refractivity contribution < 1.29 is 23.1 Å². The number of benzene rings is 2. The Morgan fingerprint density at radius 3 is 2.45 bits per heavy atom. The number of carboxylic acids is 1. The Morgan fingerprint density at radius 2 is 1.80 bits per heavy atom. The maximum atomic E-state index is 13.4. The Hall–Kier alpha value is -1.95. The lowest BCUT2D eigenvalue weighted by atomic mass is 10.2. The van der Waals surface area contributed by atoms with Crippen LogP contribution in [0.5, 0.6) is 0 Å². The molecule has 0 aromatic heterocycles. The SMILES string of the molecule is O=C(O)c1cc(SCc2ccc(F)cc2F)ccc1F. The Balaban J connectivity index is 2.15. The highest BCUT2D eigenvalue weighted by atomic mass is 32.2. The molecule has 0 aliphatic rings. The van der Waals surface area contributed by atoms with Crippen molar-refractivity contribution in [3.8, 4) is 0 Å². The van der Waals surface area contributed by atoms with E-state index in [0.717, 1.165) is 30.0 Å². The predicted molar refractivity (Wildman–Crippen MR) is 69.3 cm³/mol. The number of halogens is 3. The van der Waals surface area contributed by atoms with Crippen LogP contribution in [0.3, 0.4) is 0 Å². The van der Waals surface area contributed by atoms with Gasteiger partial charge in [-0.15, -0.1) is 11.8 Å². The normalized spacial score (nSPS) is 10.6. The van der Waals surface area contributed by atoms with E-state index < -0.39 is 29.0 Å². The fraction of sp³-hybridized carbons (Fsp3) is 0.0714. The summed E-state index contributed by atoms with van der Waals surface area (Å²) < 4.78 is 39.4. The van der Waals surface area contributed by atoms with Crippen molar-refractivity contribution in [3.63, 3.8) is 0 Å². The van der Waals surface area contributed by atoms with Crippen LogP contribution in [0.15, 0.2) is 41.3 Å². The molecule has 0 saturated heterocycles. The molecule has 0 aliphatic heterocycles. The van der Waals surface area contributed by atoms with Crippen LogP contribution in [0.25, 0.3) is 0 Å². The molecule has 0 unspecified atom stereocenters. The van der Waals surface area contributed by atoms with Gasteiger partial charge < -0.3 is 5.11 Å². The minimum absolute atomic E-state index is 0.191. The average Bonchev–Trinajstić information content (AvgIpc) is 2.39. The molecule has 0 amide bonds. The summed E-state index contributed by atoms with van der Waals surface area (Å²) in [6.45, 7) is 0. The van der Waals surface area contributed by atoms with E-state index in [-0.39, 0.29) is 11.3 Å². The van der Waals surface area contributed by atoms with Crippen molar-refractivity contribution in [2.45, 2.75) is 10.6 Å². The van der Waals surface area contributed by atoms with Crippen LogP contribution in [-0.2, 0) is 5.75 Å². The fourth-order valence-corrected chi connectivity index (χ4v) is 2.48. The molecule has 2 rings (SSSR count). The summed E-state index contributed by atoms with van der Waals surface area (Å²) in [6, 6.07) is 6.89. The molecule has 0 heterocycles. The van der Waals surface area contributed by atoms with Crippen LogP contribution < -0.4 is 0 Å². The lowest BCUT2D eigenvalue weighted by molar-refractivity contribution is 0.0691. The van der Waals surface area contributed by atoms with Crippen LogP contribution >= 0.6 is 11.8 Å². The van der Waals surface area contributed by atoms with Crippen LogP contribution in [0.2, 0.25) is 0 Å². The number of hydrogen-bond acceptors (Lipinski definition) is 2. The minimum Gasteiger partial charge on any atom is -0.478 e. The van der Waals surface area contributed by atoms with Gasteiger partial charge in [-0.3, -0.25) is 0 Å². The minimum atomic E-state index is -1.36. The highest BCUT2D eigenvalue weighted by Crippen LogP contribution is 2.26. The van der Waals surface area contributed by atoms with Gasteiger partial charge in [0.15, 0.2) is 0 Å². The molecule has 0 radical (unpaired) electrons. The van der Waals surface area contributed by atoms with Gasteiger partial charge in [-0.1, -0.05) is 6.07 Å². The van der Waals surface area contributed by atoms with Gasteiger partial charge in [0, 0.05) is 16.7 Å². The van der Waals surface area contributed by atoms with Crippen LogP contribution in [0, 0.1) is 17.5 Å². The summed E-state index contributed by atoms with van der Waals surface area (Å²) in [7, 11) is 0. The van der Waals surface area contributed by atoms with E-state index in [1.165, 1.54) is 18.2 Å². The predicted octanol–water partition coefficient (Wildman–Crippen LogP) is 4.09. The monoisotopic (exact) mass is 298 g/mol. The third-order valence-electron chi connectivity index (χ3n) is 2.58. The summed E-state index contributed by atoms with van der Waals surface area (Å²) in [4.78, 5) is 11.3. The second kappa shape index (κ2) is 6.00. The van der Waals surface area contributed by atoms with Gasteiger partial charge in [0.1, 0.15) is 17.5 Å². The maximum absolute atomic E-state index is 13.4. The molecule has 0 saturated carbocycles. The molecule has 0 bridgehead atoms. The summed E-state index contributed by atoms with van der Waals surface area (Å²) in [5.41, 5.74) is -0.146. The van der Waals surface area contributed by atoms with Crippen molar-refractivity contribution in [1.29, 1.82) is 0 Å². The standard InChI is InChI=1S/C14H9F3O2S/c15-9-2-1-8(13(17)5-9)7-20-10-3-4-12(16)11(6-10)14(18)19/h1-6H,7H2,(H,18,19).